The molecule has 0 radical (unpaired) electrons. The quantitative estimate of drug-likeness (QED) is 0.258. The molecule has 3 heterocycles. The molecule has 46 heavy (non-hydrogen) atoms. The SMILES string of the molecule is NC(=O)[C@@]1(C2CC2)CCCN1C(=O)COc1cc(C(=O)[AsH][C@@H](CC(=O)O)C(=O)N2CCN(C(=O)O)CC2)nn1-c1cccc(F)c1. The number of benzene rings is 1. The molecule has 3 fully saturated rings. The summed E-state index contributed by atoms with van der Waals surface area (Å²) >= 11 is -1.98. The van der Waals surface area contributed by atoms with E-state index in [4.69, 9.17) is 10.5 Å². The number of rotatable bonds is 12. The van der Waals surface area contributed by atoms with Gasteiger partial charge < -0.3 is 0 Å². The van der Waals surface area contributed by atoms with E-state index in [1.54, 1.807) is 0 Å². The summed E-state index contributed by atoms with van der Waals surface area (Å²) in [6.45, 7) is 0.0715. The summed E-state index contributed by atoms with van der Waals surface area (Å²) in [6.07, 6.45) is 0.943. The van der Waals surface area contributed by atoms with Crippen LogP contribution in [-0.2, 0) is 19.2 Å². The standard InChI is InChI=1S/C29H34AsFN6O9/c31-18-3-1-4-19(13-18)37-23(46-16-22(38)36-8-2-7-29(36,27(32)43)17-5-6-17)15-21(33-37)25(41)30-20(14-24(39)40)26(42)34-9-11-35(12-10-34)28(44)45/h1,3-4,13,15,17,20,30H,2,5-12,14,16H2,(H2,32,43)(H,39,40)(H,44,45)/t20-,29-/m0/s1. The molecule has 3 atom stereocenters. The molecule has 2 saturated heterocycles. The number of aromatic nitrogens is 2. The number of nitrogens with two attached hydrogens (primary N) is 1. The van der Waals surface area contributed by atoms with Crippen LogP contribution < -0.4 is 10.5 Å². The summed E-state index contributed by atoms with van der Waals surface area (Å²) in [4.78, 5) is 79.5. The van der Waals surface area contributed by atoms with Crippen molar-refractivity contribution in [3.63, 3.8) is 0 Å². The van der Waals surface area contributed by atoms with Gasteiger partial charge in [-0.15, -0.1) is 0 Å². The first-order valence-electron chi connectivity index (χ1n) is 14.8. The van der Waals surface area contributed by atoms with Gasteiger partial charge in [-0.1, -0.05) is 0 Å². The number of hydrogen-bond donors (Lipinski definition) is 3. The number of halogens is 1. The third-order valence-electron chi connectivity index (χ3n) is 8.55. The second kappa shape index (κ2) is 13.5. The van der Waals surface area contributed by atoms with Crippen LogP contribution in [-0.4, -0.2) is 130 Å². The van der Waals surface area contributed by atoms with Gasteiger partial charge in [0.2, 0.25) is 0 Å². The van der Waals surface area contributed by atoms with E-state index in [0.717, 1.165) is 28.5 Å². The van der Waals surface area contributed by atoms with Gasteiger partial charge in [0.15, 0.2) is 0 Å². The van der Waals surface area contributed by atoms with E-state index in [-0.39, 0.29) is 49.4 Å². The Hall–Kier alpha value is -4.46. The number of carbonyl (C=O) groups excluding carboxylic acids is 4. The van der Waals surface area contributed by atoms with Crippen molar-refractivity contribution in [2.45, 2.75) is 42.3 Å². The zero-order valence-electron chi connectivity index (χ0n) is 24.8. The fraction of sp³-hybridized carbons (Fsp3) is 0.483. The summed E-state index contributed by atoms with van der Waals surface area (Å²) in [5.41, 5.74) is 4.73. The molecule has 1 aromatic heterocycles. The van der Waals surface area contributed by atoms with E-state index in [0.29, 0.717) is 19.4 Å². The monoisotopic (exact) mass is 704 g/mol. The summed E-state index contributed by atoms with van der Waals surface area (Å²) in [7, 11) is 0. The molecule has 0 spiro atoms. The van der Waals surface area contributed by atoms with Crippen LogP contribution in [0.2, 0.25) is 4.71 Å². The molecule has 2 aliphatic heterocycles. The van der Waals surface area contributed by atoms with E-state index in [2.05, 4.69) is 5.10 Å². The van der Waals surface area contributed by atoms with Gasteiger partial charge >= 0.3 is 269 Å². The predicted molar refractivity (Wildman–Crippen MR) is 158 cm³/mol. The molecular formula is C29H34AsFN6O9. The minimum atomic E-state index is -1.98. The third-order valence-corrected chi connectivity index (χ3v) is 11.3. The molecule has 4 N–H and O–H groups in total. The molecule has 1 saturated carbocycles. The summed E-state index contributed by atoms with van der Waals surface area (Å²) in [5, 5.41) is 23.0. The fourth-order valence-electron chi connectivity index (χ4n) is 6.16. The van der Waals surface area contributed by atoms with E-state index in [9.17, 15) is 43.4 Å². The van der Waals surface area contributed by atoms with Gasteiger partial charge in [-0.25, -0.2) is 0 Å². The van der Waals surface area contributed by atoms with Gasteiger partial charge in [0.25, 0.3) is 0 Å². The Morgan fingerprint density at radius 1 is 1.04 bits per heavy atom. The van der Waals surface area contributed by atoms with Crippen LogP contribution >= 0.6 is 0 Å². The molecule has 5 rings (SSSR count). The summed E-state index contributed by atoms with van der Waals surface area (Å²) in [6, 6.07) is 6.54. The average molecular weight is 705 g/mol. The molecule has 1 aromatic carbocycles. The van der Waals surface area contributed by atoms with Crippen molar-refractivity contribution < 1.29 is 48.1 Å². The molecule has 1 unspecified atom stereocenters. The number of carboxylic acid groups (broad SMARTS) is 2. The Bertz CT molecular complexity index is 1560. The van der Waals surface area contributed by atoms with Gasteiger partial charge in [-0.2, -0.15) is 0 Å². The number of carboxylic acids is 1. The van der Waals surface area contributed by atoms with E-state index in [1.807, 2.05) is 0 Å². The van der Waals surface area contributed by atoms with Crippen molar-refractivity contribution in [2.75, 3.05) is 39.3 Å². The van der Waals surface area contributed by atoms with Crippen molar-refractivity contribution in [1.82, 2.24) is 24.5 Å². The van der Waals surface area contributed by atoms with Crippen LogP contribution in [0.1, 0.15) is 42.6 Å². The van der Waals surface area contributed by atoms with Crippen molar-refractivity contribution >= 4 is 50.1 Å². The van der Waals surface area contributed by atoms with Crippen molar-refractivity contribution in [2.24, 2.45) is 11.7 Å². The number of amides is 4. The molecule has 15 nitrogen and oxygen atoms in total. The Labute approximate surface area is 269 Å². The number of primary amides is 1. The van der Waals surface area contributed by atoms with E-state index >= 15 is 0 Å². The van der Waals surface area contributed by atoms with E-state index < -0.39 is 79.2 Å². The van der Waals surface area contributed by atoms with Gasteiger partial charge in [0, 0.05) is 0 Å². The first kappa shape index (κ1) is 32.9. The topological polar surface area (TPSA) is 206 Å². The van der Waals surface area contributed by atoms with Crippen molar-refractivity contribution in [1.29, 1.82) is 0 Å². The van der Waals surface area contributed by atoms with Gasteiger partial charge in [0.1, 0.15) is 0 Å². The second-order valence-corrected chi connectivity index (χ2v) is 14.5. The zero-order valence-corrected chi connectivity index (χ0v) is 26.9. The van der Waals surface area contributed by atoms with E-state index in [1.165, 1.54) is 34.1 Å². The number of carbonyl (C=O) groups is 6. The third kappa shape index (κ3) is 6.86. The Balaban J connectivity index is 1.35. The number of likely N-dealkylation sites (tertiary alicyclic amines) is 1. The van der Waals surface area contributed by atoms with Crippen molar-refractivity contribution in [3.05, 3.63) is 41.8 Å². The number of nitrogens with zero attached hydrogens (tertiary/aromatic N) is 5. The Morgan fingerprint density at radius 3 is 2.35 bits per heavy atom. The van der Waals surface area contributed by atoms with Crippen molar-refractivity contribution in [3.8, 4) is 11.6 Å². The fourth-order valence-corrected chi connectivity index (χ4v) is 8.61. The first-order chi connectivity index (χ1) is 21.9. The maximum absolute atomic E-state index is 14.2. The predicted octanol–water partition coefficient (Wildman–Crippen LogP) is 0.309. The number of ether oxygens (including phenoxy) is 1. The molecule has 4 amide bonds. The zero-order chi connectivity index (χ0) is 33.2. The maximum atomic E-state index is 14.2. The van der Waals surface area contributed by atoms with Crippen LogP contribution in [0.25, 0.3) is 5.69 Å². The molecule has 246 valence electrons. The Kier molecular flexibility index (Phi) is 9.65. The van der Waals surface area contributed by atoms with Gasteiger partial charge in [0.05, 0.1) is 0 Å². The molecular weight excluding hydrogens is 670 g/mol. The molecule has 17 heteroatoms. The second-order valence-electron chi connectivity index (χ2n) is 11.5. The normalized spacial score (nSPS) is 20.6. The van der Waals surface area contributed by atoms with Gasteiger partial charge in [-0.3, -0.25) is 0 Å². The van der Waals surface area contributed by atoms with Crippen LogP contribution in [0.15, 0.2) is 30.3 Å². The molecule has 2 aromatic rings. The van der Waals surface area contributed by atoms with Crippen LogP contribution in [0.4, 0.5) is 9.18 Å². The summed E-state index contributed by atoms with van der Waals surface area (Å²) in [5.74, 6) is -3.54. The molecule has 0 bridgehead atoms. The number of aliphatic carboxylic acids is 1. The van der Waals surface area contributed by atoms with Crippen LogP contribution in [0.3, 0.4) is 0 Å². The van der Waals surface area contributed by atoms with Gasteiger partial charge in [-0.05, 0) is 0 Å². The van der Waals surface area contributed by atoms with Crippen LogP contribution in [0.5, 0.6) is 5.88 Å². The number of piperazine rings is 1. The van der Waals surface area contributed by atoms with Crippen LogP contribution in [0, 0.1) is 11.7 Å². The Morgan fingerprint density at radius 2 is 1.74 bits per heavy atom. The minimum absolute atomic E-state index is 0.00883. The first-order valence-corrected chi connectivity index (χ1v) is 17.0. The average Bonchev–Trinajstić information content (AvgIpc) is 3.62. The number of hydrogen-bond acceptors (Lipinski definition) is 8. The molecule has 1 aliphatic carbocycles. The summed E-state index contributed by atoms with van der Waals surface area (Å²) < 4.78 is 19.4. The molecule has 3 aliphatic rings.